The SMILES string of the molecule is Nc1cccc(OCCC(=O)Nc2c(F)cccc2Br)c1. The maximum atomic E-state index is 13.6. The van der Waals surface area contributed by atoms with E-state index in [2.05, 4.69) is 21.2 Å². The van der Waals surface area contributed by atoms with Crippen LogP contribution in [0.3, 0.4) is 0 Å². The van der Waals surface area contributed by atoms with Crippen LogP contribution in [0.5, 0.6) is 5.75 Å². The Morgan fingerprint density at radius 3 is 2.76 bits per heavy atom. The number of para-hydroxylation sites is 1. The van der Waals surface area contributed by atoms with Gasteiger partial charge in [-0.25, -0.2) is 4.39 Å². The Labute approximate surface area is 130 Å². The van der Waals surface area contributed by atoms with Crippen molar-refractivity contribution in [3.05, 3.63) is 52.8 Å². The summed E-state index contributed by atoms with van der Waals surface area (Å²) < 4.78 is 19.5. The third-order valence-electron chi connectivity index (χ3n) is 2.68. The lowest BCUT2D eigenvalue weighted by Crippen LogP contribution is -2.16. The van der Waals surface area contributed by atoms with E-state index in [0.717, 1.165) is 0 Å². The summed E-state index contributed by atoms with van der Waals surface area (Å²) >= 11 is 3.19. The number of hydrogen-bond donors (Lipinski definition) is 2. The molecule has 0 radical (unpaired) electrons. The first kappa shape index (κ1) is 15.3. The van der Waals surface area contributed by atoms with Crippen LogP contribution in [0.2, 0.25) is 0 Å². The van der Waals surface area contributed by atoms with Crippen LogP contribution < -0.4 is 15.8 Å². The van der Waals surface area contributed by atoms with Gasteiger partial charge in [0.1, 0.15) is 11.6 Å². The van der Waals surface area contributed by atoms with Gasteiger partial charge in [-0.3, -0.25) is 4.79 Å². The van der Waals surface area contributed by atoms with Crippen LogP contribution in [0.15, 0.2) is 46.9 Å². The standard InChI is InChI=1S/C15H14BrFN2O2/c16-12-5-2-6-13(17)15(12)19-14(20)7-8-21-11-4-1-3-10(18)9-11/h1-6,9H,7-8,18H2,(H,19,20). The van der Waals surface area contributed by atoms with Crippen LogP contribution in [-0.2, 0) is 4.79 Å². The molecule has 0 aliphatic rings. The number of hydrogen-bond acceptors (Lipinski definition) is 3. The molecule has 3 N–H and O–H groups in total. The summed E-state index contributed by atoms with van der Waals surface area (Å²) in [4.78, 5) is 11.8. The summed E-state index contributed by atoms with van der Waals surface area (Å²) in [5, 5.41) is 2.51. The van der Waals surface area contributed by atoms with E-state index in [1.165, 1.54) is 6.07 Å². The number of ether oxygens (including phenoxy) is 1. The van der Waals surface area contributed by atoms with Crippen LogP contribution in [0.1, 0.15) is 6.42 Å². The predicted octanol–water partition coefficient (Wildman–Crippen LogP) is 3.58. The summed E-state index contributed by atoms with van der Waals surface area (Å²) in [6.45, 7) is 0.182. The van der Waals surface area contributed by atoms with Crippen LogP contribution in [0.4, 0.5) is 15.8 Å². The Morgan fingerprint density at radius 1 is 1.29 bits per heavy atom. The lowest BCUT2D eigenvalue weighted by molar-refractivity contribution is -0.116. The molecule has 0 heterocycles. The van der Waals surface area contributed by atoms with Crippen molar-refractivity contribution in [3.63, 3.8) is 0 Å². The molecule has 0 aromatic heterocycles. The molecule has 0 saturated carbocycles. The van der Waals surface area contributed by atoms with Crippen molar-refractivity contribution in [3.8, 4) is 5.75 Å². The zero-order valence-corrected chi connectivity index (χ0v) is 12.7. The summed E-state index contributed by atoms with van der Waals surface area (Å²) in [7, 11) is 0. The Kier molecular flexibility index (Phi) is 5.16. The molecule has 2 rings (SSSR count). The molecule has 0 saturated heterocycles. The molecule has 0 atom stereocenters. The van der Waals surface area contributed by atoms with E-state index in [0.29, 0.717) is 15.9 Å². The maximum Gasteiger partial charge on any atom is 0.227 e. The van der Waals surface area contributed by atoms with Crippen LogP contribution >= 0.6 is 15.9 Å². The third kappa shape index (κ3) is 4.46. The zero-order chi connectivity index (χ0) is 15.2. The molecule has 6 heteroatoms. The van der Waals surface area contributed by atoms with Gasteiger partial charge >= 0.3 is 0 Å². The van der Waals surface area contributed by atoms with Gasteiger partial charge in [0.05, 0.1) is 18.7 Å². The van der Waals surface area contributed by atoms with Crippen molar-refractivity contribution in [1.29, 1.82) is 0 Å². The smallest absolute Gasteiger partial charge is 0.227 e. The number of nitrogens with one attached hydrogen (secondary N) is 1. The third-order valence-corrected chi connectivity index (χ3v) is 3.34. The Hall–Kier alpha value is -2.08. The molecule has 0 spiro atoms. The van der Waals surface area contributed by atoms with Gasteiger partial charge in [-0.05, 0) is 40.2 Å². The first-order valence-corrected chi connectivity index (χ1v) is 7.08. The van der Waals surface area contributed by atoms with E-state index in [9.17, 15) is 9.18 Å². The molecule has 0 unspecified atom stereocenters. The molecular weight excluding hydrogens is 339 g/mol. The van der Waals surface area contributed by atoms with Crippen molar-refractivity contribution < 1.29 is 13.9 Å². The monoisotopic (exact) mass is 352 g/mol. The molecule has 0 aliphatic heterocycles. The van der Waals surface area contributed by atoms with Crippen molar-refractivity contribution in [2.24, 2.45) is 0 Å². The molecule has 21 heavy (non-hydrogen) atoms. The molecule has 1 amide bonds. The van der Waals surface area contributed by atoms with Crippen molar-refractivity contribution in [2.75, 3.05) is 17.7 Å². The van der Waals surface area contributed by atoms with Gasteiger partial charge in [0.2, 0.25) is 5.91 Å². The number of benzene rings is 2. The van der Waals surface area contributed by atoms with E-state index >= 15 is 0 Å². The highest BCUT2D eigenvalue weighted by molar-refractivity contribution is 9.10. The summed E-state index contributed by atoms with van der Waals surface area (Å²) in [6, 6.07) is 11.4. The van der Waals surface area contributed by atoms with E-state index in [1.807, 2.05) is 0 Å². The molecule has 4 nitrogen and oxygen atoms in total. The highest BCUT2D eigenvalue weighted by Gasteiger charge is 2.10. The maximum absolute atomic E-state index is 13.6. The average molecular weight is 353 g/mol. The second-order valence-corrected chi connectivity index (χ2v) is 5.17. The van der Waals surface area contributed by atoms with Crippen molar-refractivity contribution >= 4 is 33.2 Å². The molecular formula is C15H14BrFN2O2. The number of anilines is 2. The summed E-state index contributed by atoms with van der Waals surface area (Å²) in [6.07, 6.45) is 0.107. The van der Waals surface area contributed by atoms with E-state index in [1.54, 1.807) is 36.4 Å². The molecule has 0 aliphatic carbocycles. The fourth-order valence-corrected chi connectivity index (χ4v) is 2.13. The van der Waals surface area contributed by atoms with Gasteiger partial charge in [0.15, 0.2) is 0 Å². The number of nitrogens with two attached hydrogens (primary N) is 1. The average Bonchev–Trinajstić information content (AvgIpc) is 2.43. The minimum atomic E-state index is -0.491. The normalized spacial score (nSPS) is 10.2. The predicted molar refractivity (Wildman–Crippen MR) is 83.7 cm³/mol. The highest BCUT2D eigenvalue weighted by Crippen LogP contribution is 2.25. The Bertz CT molecular complexity index is 629. The van der Waals surface area contributed by atoms with Crippen molar-refractivity contribution in [1.82, 2.24) is 0 Å². The Balaban J connectivity index is 1.85. The number of carbonyl (C=O) groups excluding carboxylic acids is 1. The first-order valence-electron chi connectivity index (χ1n) is 6.28. The second kappa shape index (κ2) is 7.08. The number of nitrogen functional groups attached to an aromatic ring is 1. The first-order chi connectivity index (χ1) is 10.1. The topological polar surface area (TPSA) is 64.3 Å². The largest absolute Gasteiger partial charge is 0.493 e. The molecule has 0 bridgehead atoms. The van der Waals surface area contributed by atoms with E-state index < -0.39 is 5.82 Å². The second-order valence-electron chi connectivity index (χ2n) is 4.32. The lowest BCUT2D eigenvalue weighted by Gasteiger charge is -2.09. The zero-order valence-electron chi connectivity index (χ0n) is 11.1. The summed E-state index contributed by atoms with van der Waals surface area (Å²) in [5.74, 6) is -0.228. The quantitative estimate of drug-likeness (QED) is 0.808. The fourth-order valence-electron chi connectivity index (χ4n) is 1.69. The number of halogens is 2. The lowest BCUT2D eigenvalue weighted by atomic mass is 10.3. The highest BCUT2D eigenvalue weighted by atomic mass is 79.9. The van der Waals surface area contributed by atoms with Gasteiger partial charge in [0.25, 0.3) is 0 Å². The van der Waals surface area contributed by atoms with Gasteiger partial charge < -0.3 is 15.8 Å². The number of rotatable bonds is 5. The van der Waals surface area contributed by atoms with Gasteiger partial charge in [-0.15, -0.1) is 0 Å². The van der Waals surface area contributed by atoms with Gasteiger partial charge in [-0.2, -0.15) is 0 Å². The molecule has 110 valence electrons. The minimum Gasteiger partial charge on any atom is -0.493 e. The molecule has 0 fully saturated rings. The minimum absolute atomic E-state index is 0.107. The van der Waals surface area contributed by atoms with E-state index in [-0.39, 0.29) is 24.6 Å². The fraction of sp³-hybridized carbons (Fsp3) is 0.133. The van der Waals surface area contributed by atoms with Crippen LogP contribution in [0.25, 0.3) is 0 Å². The number of carbonyl (C=O) groups is 1. The van der Waals surface area contributed by atoms with Gasteiger partial charge in [-0.1, -0.05) is 12.1 Å². The molecule has 2 aromatic carbocycles. The van der Waals surface area contributed by atoms with Crippen molar-refractivity contribution in [2.45, 2.75) is 6.42 Å². The Morgan fingerprint density at radius 2 is 2.05 bits per heavy atom. The summed E-state index contributed by atoms with van der Waals surface area (Å²) in [5.41, 5.74) is 6.34. The van der Waals surface area contributed by atoms with E-state index in [4.69, 9.17) is 10.5 Å². The molecule has 2 aromatic rings. The van der Waals surface area contributed by atoms with Crippen LogP contribution in [-0.4, -0.2) is 12.5 Å². The van der Waals surface area contributed by atoms with Crippen LogP contribution in [0, 0.1) is 5.82 Å². The van der Waals surface area contributed by atoms with Gasteiger partial charge in [0, 0.05) is 16.2 Å². The number of amides is 1.